The van der Waals surface area contributed by atoms with Crippen molar-refractivity contribution in [2.75, 3.05) is 26.2 Å². The van der Waals surface area contributed by atoms with E-state index in [1.54, 1.807) is 0 Å². The summed E-state index contributed by atoms with van der Waals surface area (Å²) in [6.45, 7) is 4.16. The van der Waals surface area contributed by atoms with Gasteiger partial charge in [-0.2, -0.15) is 0 Å². The normalized spacial score (nSPS) is 31.2. The van der Waals surface area contributed by atoms with Gasteiger partial charge in [-0.1, -0.05) is 24.3 Å². The van der Waals surface area contributed by atoms with Gasteiger partial charge in [-0.05, 0) is 68.5 Å². The Labute approximate surface area is 145 Å². The van der Waals surface area contributed by atoms with Crippen molar-refractivity contribution in [3.63, 3.8) is 0 Å². The predicted octanol–water partition coefficient (Wildman–Crippen LogP) is 2.88. The lowest BCUT2D eigenvalue weighted by molar-refractivity contribution is -0.146. The fraction of sp³-hybridized carbons (Fsp3) is 0.667. The Hall–Kier alpha value is -1.35. The minimum absolute atomic E-state index is 0.0537. The van der Waals surface area contributed by atoms with Gasteiger partial charge in [-0.3, -0.25) is 9.69 Å². The Balaban J connectivity index is 1.29. The Bertz CT molecular complexity index is 628. The summed E-state index contributed by atoms with van der Waals surface area (Å²) in [5.74, 6) is 1.30. The van der Waals surface area contributed by atoms with Crippen LogP contribution in [0.4, 0.5) is 0 Å². The molecule has 1 amide bonds. The molecule has 2 aliphatic heterocycles. The fourth-order valence-electron chi connectivity index (χ4n) is 5.33. The number of hydrogen-bond donors (Lipinski definition) is 0. The minimum atomic E-state index is -0.0537. The highest BCUT2D eigenvalue weighted by Gasteiger charge is 2.50. The van der Waals surface area contributed by atoms with Gasteiger partial charge in [0.1, 0.15) is 0 Å². The number of carbonyl (C=O) groups excluding carboxylic acids is 1. The lowest BCUT2D eigenvalue weighted by Gasteiger charge is -2.40. The number of nitrogens with zero attached hydrogens (tertiary/aromatic N) is 2. The molecule has 1 aromatic carbocycles. The summed E-state index contributed by atoms with van der Waals surface area (Å²) in [4.78, 5) is 18.0. The molecule has 1 saturated carbocycles. The van der Waals surface area contributed by atoms with Crippen LogP contribution in [0.3, 0.4) is 0 Å². The van der Waals surface area contributed by atoms with E-state index in [1.807, 2.05) is 0 Å². The third kappa shape index (κ3) is 2.48. The lowest BCUT2D eigenvalue weighted by Crippen LogP contribution is -2.51. The first-order chi connectivity index (χ1) is 11.7. The number of likely N-dealkylation sites (tertiary alicyclic amines) is 2. The van der Waals surface area contributed by atoms with Crippen molar-refractivity contribution in [3.8, 4) is 0 Å². The Kier molecular flexibility index (Phi) is 3.48. The highest BCUT2D eigenvalue weighted by atomic mass is 16.2. The van der Waals surface area contributed by atoms with E-state index in [1.165, 1.54) is 43.2 Å². The molecular formula is C21H28N2O. The summed E-state index contributed by atoms with van der Waals surface area (Å²) in [7, 11) is 0. The zero-order valence-corrected chi connectivity index (χ0v) is 14.5. The summed E-state index contributed by atoms with van der Waals surface area (Å²) >= 11 is 0. The molecule has 3 nitrogen and oxygen atoms in total. The van der Waals surface area contributed by atoms with Crippen LogP contribution in [0.15, 0.2) is 24.3 Å². The molecule has 4 aliphatic rings. The largest absolute Gasteiger partial charge is 0.342 e. The predicted molar refractivity (Wildman–Crippen MR) is 94.8 cm³/mol. The van der Waals surface area contributed by atoms with Crippen LogP contribution >= 0.6 is 0 Å². The summed E-state index contributed by atoms with van der Waals surface area (Å²) < 4.78 is 0. The van der Waals surface area contributed by atoms with Crippen LogP contribution in [0.25, 0.3) is 0 Å². The average molecular weight is 324 g/mol. The molecule has 3 heteroatoms. The third-order valence-electron chi connectivity index (χ3n) is 6.93. The molecule has 0 unspecified atom stereocenters. The molecule has 5 rings (SSSR count). The number of rotatable bonds is 3. The van der Waals surface area contributed by atoms with Gasteiger partial charge in [0.15, 0.2) is 0 Å². The highest BCUT2D eigenvalue weighted by Crippen LogP contribution is 2.43. The third-order valence-corrected chi connectivity index (χ3v) is 6.93. The number of benzene rings is 1. The Morgan fingerprint density at radius 3 is 2.50 bits per heavy atom. The molecule has 3 fully saturated rings. The van der Waals surface area contributed by atoms with Crippen molar-refractivity contribution in [2.24, 2.45) is 11.3 Å². The van der Waals surface area contributed by atoms with Gasteiger partial charge in [0.2, 0.25) is 5.91 Å². The zero-order chi connectivity index (χ0) is 16.1. The van der Waals surface area contributed by atoms with Crippen LogP contribution in [0.2, 0.25) is 0 Å². The quantitative estimate of drug-likeness (QED) is 0.853. The van der Waals surface area contributed by atoms with E-state index in [4.69, 9.17) is 0 Å². The molecule has 2 heterocycles. The van der Waals surface area contributed by atoms with Gasteiger partial charge in [0, 0.05) is 25.7 Å². The maximum Gasteiger partial charge on any atom is 0.230 e. The number of amides is 1. The van der Waals surface area contributed by atoms with Crippen molar-refractivity contribution < 1.29 is 4.79 Å². The van der Waals surface area contributed by atoms with Crippen LogP contribution in [0.1, 0.15) is 43.2 Å². The molecule has 0 aromatic heterocycles. The van der Waals surface area contributed by atoms with E-state index < -0.39 is 0 Å². The molecule has 2 saturated heterocycles. The van der Waals surface area contributed by atoms with Gasteiger partial charge >= 0.3 is 0 Å². The second kappa shape index (κ2) is 5.59. The van der Waals surface area contributed by atoms with Crippen molar-refractivity contribution in [3.05, 3.63) is 35.4 Å². The summed E-state index contributed by atoms with van der Waals surface area (Å²) in [5.41, 5.74) is 2.99. The number of hydrogen-bond acceptors (Lipinski definition) is 2. The van der Waals surface area contributed by atoms with Crippen molar-refractivity contribution in [1.29, 1.82) is 0 Å². The van der Waals surface area contributed by atoms with Crippen molar-refractivity contribution >= 4 is 5.91 Å². The first-order valence-electron chi connectivity index (χ1n) is 9.84. The van der Waals surface area contributed by atoms with E-state index in [9.17, 15) is 4.79 Å². The van der Waals surface area contributed by atoms with E-state index in [-0.39, 0.29) is 5.41 Å². The Morgan fingerprint density at radius 2 is 1.79 bits per heavy atom. The molecule has 2 aliphatic carbocycles. The van der Waals surface area contributed by atoms with Crippen molar-refractivity contribution in [1.82, 2.24) is 9.80 Å². The van der Waals surface area contributed by atoms with Crippen LogP contribution in [-0.4, -0.2) is 47.9 Å². The zero-order valence-electron chi connectivity index (χ0n) is 14.5. The molecule has 1 aromatic rings. The molecule has 128 valence electrons. The first-order valence-corrected chi connectivity index (χ1v) is 9.84. The molecule has 0 N–H and O–H groups in total. The topological polar surface area (TPSA) is 23.6 Å². The Morgan fingerprint density at radius 1 is 1.04 bits per heavy atom. The van der Waals surface area contributed by atoms with Gasteiger partial charge in [0.05, 0.1) is 5.41 Å². The molecule has 0 radical (unpaired) electrons. The van der Waals surface area contributed by atoms with E-state index in [2.05, 4.69) is 34.1 Å². The lowest BCUT2D eigenvalue weighted by atomic mass is 9.78. The van der Waals surface area contributed by atoms with Crippen LogP contribution in [-0.2, 0) is 17.6 Å². The van der Waals surface area contributed by atoms with Gasteiger partial charge in [0.25, 0.3) is 0 Å². The highest BCUT2D eigenvalue weighted by molar-refractivity contribution is 5.84. The monoisotopic (exact) mass is 324 g/mol. The maximum absolute atomic E-state index is 13.2. The smallest absolute Gasteiger partial charge is 0.230 e. The summed E-state index contributed by atoms with van der Waals surface area (Å²) in [5, 5.41) is 0. The van der Waals surface area contributed by atoms with Crippen LogP contribution in [0.5, 0.6) is 0 Å². The van der Waals surface area contributed by atoms with E-state index >= 15 is 0 Å². The number of fused-ring (bicyclic) bond motifs is 1. The van der Waals surface area contributed by atoms with Gasteiger partial charge < -0.3 is 4.90 Å². The number of piperidine rings is 1. The van der Waals surface area contributed by atoms with Crippen LogP contribution < -0.4 is 0 Å². The molecule has 24 heavy (non-hydrogen) atoms. The molecule has 1 atom stereocenters. The fourth-order valence-corrected chi connectivity index (χ4v) is 5.33. The number of carbonyl (C=O) groups is 1. The molecule has 1 spiro atoms. The van der Waals surface area contributed by atoms with Crippen LogP contribution in [0, 0.1) is 11.3 Å². The molecular weight excluding hydrogens is 296 g/mol. The van der Waals surface area contributed by atoms with Crippen molar-refractivity contribution in [2.45, 2.75) is 51.0 Å². The maximum atomic E-state index is 13.2. The summed E-state index contributed by atoms with van der Waals surface area (Å²) in [6.07, 6.45) is 8.42. The van der Waals surface area contributed by atoms with E-state index in [0.717, 1.165) is 44.9 Å². The molecule has 0 bridgehead atoms. The SMILES string of the molecule is O=C1N(CC2CC2)CCC[C@@]12CCN(C1Cc3ccccc3C1)C2. The minimum Gasteiger partial charge on any atom is -0.342 e. The standard InChI is InChI=1S/C21H28N2O/c24-20-21(8-3-10-22(20)14-16-6-7-16)9-11-23(15-21)19-12-17-4-1-2-5-18(17)13-19/h1-2,4-5,16,19H,3,6-15H2/t21-/m0/s1. The summed E-state index contributed by atoms with van der Waals surface area (Å²) in [6, 6.07) is 9.50. The van der Waals surface area contributed by atoms with E-state index in [0.29, 0.717) is 11.9 Å². The first kappa shape index (κ1) is 14.9. The second-order valence-corrected chi connectivity index (χ2v) is 8.63. The second-order valence-electron chi connectivity index (χ2n) is 8.63. The van der Waals surface area contributed by atoms with Gasteiger partial charge in [-0.15, -0.1) is 0 Å². The average Bonchev–Trinajstić information content (AvgIpc) is 3.15. The van der Waals surface area contributed by atoms with Gasteiger partial charge in [-0.25, -0.2) is 0 Å².